The molecule has 1 aromatic rings. The smallest absolute Gasteiger partial charge is 0.224 e. The molecule has 1 unspecified atom stereocenters. The molecule has 2 rings (SSSR count). The first kappa shape index (κ1) is 18.3. The largest absolute Gasteiger partial charge is 0.339 e. The molecule has 0 bridgehead atoms. The van der Waals surface area contributed by atoms with E-state index in [0.717, 1.165) is 31.1 Å². The predicted octanol–water partition coefficient (Wildman–Crippen LogP) is 2.86. The Hall–Kier alpha value is -0.710. The van der Waals surface area contributed by atoms with E-state index in [0.29, 0.717) is 12.5 Å². The van der Waals surface area contributed by atoms with Crippen LogP contribution in [0.2, 0.25) is 0 Å². The minimum absolute atomic E-state index is 0. The average molecular weight is 329 g/mol. The molecule has 0 aromatic heterocycles. The van der Waals surface area contributed by atoms with Crippen molar-refractivity contribution in [2.75, 3.05) is 24.6 Å². The second kappa shape index (κ2) is 9.34. The molecule has 1 heterocycles. The SMILES string of the molecule is CCN(Cc1ccccc1C)C(=O)CC1CSCCN1.Cl. The van der Waals surface area contributed by atoms with Crippen LogP contribution in [0.15, 0.2) is 24.3 Å². The van der Waals surface area contributed by atoms with Crippen LogP contribution in [0, 0.1) is 6.92 Å². The molecule has 3 nitrogen and oxygen atoms in total. The number of thioether (sulfide) groups is 1. The number of aryl methyl sites for hydroxylation is 1. The van der Waals surface area contributed by atoms with E-state index in [9.17, 15) is 4.79 Å². The van der Waals surface area contributed by atoms with Crippen LogP contribution in [0.3, 0.4) is 0 Å². The summed E-state index contributed by atoms with van der Waals surface area (Å²) in [6.45, 7) is 6.67. The summed E-state index contributed by atoms with van der Waals surface area (Å²) in [6, 6.07) is 8.64. The van der Waals surface area contributed by atoms with Crippen LogP contribution >= 0.6 is 24.2 Å². The van der Waals surface area contributed by atoms with Gasteiger partial charge in [0.15, 0.2) is 0 Å². The Morgan fingerprint density at radius 1 is 1.43 bits per heavy atom. The molecule has 0 aliphatic carbocycles. The molecule has 1 aromatic carbocycles. The minimum Gasteiger partial charge on any atom is -0.339 e. The zero-order chi connectivity index (χ0) is 14.4. The van der Waals surface area contributed by atoms with Gasteiger partial charge in [-0.15, -0.1) is 12.4 Å². The summed E-state index contributed by atoms with van der Waals surface area (Å²) in [7, 11) is 0. The van der Waals surface area contributed by atoms with Gasteiger partial charge in [0.25, 0.3) is 0 Å². The first-order valence-corrected chi connectivity index (χ1v) is 8.49. The van der Waals surface area contributed by atoms with Gasteiger partial charge in [0.05, 0.1) is 0 Å². The lowest BCUT2D eigenvalue weighted by Crippen LogP contribution is -2.42. The second-order valence-corrected chi connectivity index (χ2v) is 6.41. The fourth-order valence-corrected chi connectivity index (χ4v) is 3.41. The molecule has 0 radical (unpaired) electrons. The van der Waals surface area contributed by atoms with E-state index in [1.54, 1.807) is 0 Å². The molecule has 1 saturated heterocycles. The number of hydrogen-bond donors (Lipinski definition) is 1. The van der Waals surface area contributed by atoms with Crippen LogP contribution in [0.1, 0.15) is 24.5 Å². The number of hydrogen-bond acceptors (Lipinski definition) is 3. The van der Waals surface area contributed by atoms with Gasteiger partial charge in [-0.05, 0) is 25.0 Å². The number of nitrogens with one attached hydrogen (secondary N) is 1. The van der Waals surface area contributed by atoms with Crippen molar-refractivity contribution in [3.8, 4) is 0 Å². The van der Waals surface area contributed by atoms with Crippen molar-refractivity contribution in [1.82, 2.24) is 10.2 Å². The van der Waals surface area contributed by atoms with E-state index in [1.165, 1.54) is 11.1 Å². The zero-order valence-corrected chi connectivity index (χ0v) is 14.4. The van der Waals surface area contributed by atoms with E-state index >= 15 is 0 Å². The maximum atomic E-state index is 12.4. The Morgan fingerprint density at radius 2 is 2.19 bits per heavy atom. The monoisotopic (exact) mass is 328 g/mol. The third-order valence-electron chi connectivity index (χ3n) is 3.78. The van der Waals surface area contributed by atoms with Gasteiger partial charge in [-0.2, -0.15) is 11.8 Å². The van der Waals surface area contributed by atoms with Crippen LogP contribution in [-0.2, 0) is 11.3 Å². The number of carbonyl (C=O) groups excluding carboxylic acids is 1. The van der Waals surface area contributed by atoms with Crippen LogP contribution in [0.25, 0.3) is 0 Å². The van der Waals surface area contributed by atoms with Gasteiger partial charge < -0.3 is 10.2 Å². The minimum atomic E-state index is 0. The fraction of sp³-hybridized carbons (Fsp3) is 0.562. The molecule has 1 aliphatic rings. The van der Waals surface area contributed by atoms with Gasteiger partial charge in [0.1, 0.15) is 0 Å². The summed E-state index contributed by atoms with van der Waals surface area (Å²) in [4.78, 5) is 14.4. The number of rotatable bonds is 5. The maximum absolute atomic E-state index is 12.4. The maximum Gasteiger partial charge on any atom is 0.224 e. The summed E-state index contributed by atoms with van der Waals surface area (Å²) in [5.41, 5.74) is 2.50. The highest BCUT2D eigenvalue weighted by Crippen LogP contribution is 2.14. The van der Waals surface area contributed by atoms with Crippen molar-refractivity contribution in [3.63, 3.8) is 0 Å². The van der Waals surface area contributed by atoms with Gasteiger partial charge in [-0.1, -0.05) is 24.3 Å². The highest BCUT2D eigenvalue weighted by Gasteiger charge is 2.20. The zero-order valence-electron chi connectivity index (χ0n) is 12.8. The number of halogens is 1. The lowest BCUT2D eigenvalue weighted by atomic mass is 10.1. The van der Waals surface area contributed by atoms with Crippen LogP contribution < -0.4 is 5.32 Å². The summed E-state index contributed by atoms with van der Waals surface area (Å²) < 4.78 is 0. The molecule has 21 heavy (non-hydrogen) atoms. The van der Waals surface area contributed by atoms with Gasteiger partial charge in [0.2, 0.25) is 5.91 Å². The standard InChI is InChI=1S/C16H24N2OS.ClH/c1-3-18(11-14-7-5-4-6-13(14)2)16(19)10-15-12-20-9-8-17-15;/h4-7,15,17H,3,8-12H2,1-2H3;1H. The highest BCUT2D eigenvalue weighted by molar-refractivity contribution is 7.99. The van der Waals surface area contributed by atoms with E-state index in [2.05, 4.69) is 31.3 Å². The first-order chi connectivity index (χ1) is 9.70. The van der Waals surface area contributed by atoms with Crippen molar-refractivity contribution < 1.29 is 4.79 Å². The third-order valence-corrected chi connectivity index (χ3v) is 4.91. The molecule has 118 valence electrons. The Kier molecular flexibility index (Phi) is 8.15. The summed E-state index contributed by atoms with van der Waals surface area (Å²) in [5, 5.41) is 3.44. The Balaban J connectivity index is 0.00000220. The molecular formula is C16H25ClN2OS. The molecule has 1 N–H and O–H groups in total. The van der Waals surface area contributed by atoms with Crippen molar-refractivity contribution in [2.45, 2.75) is 32.9 Å². The van der Waals surface area contributed by atoms with Gasteiger partial charge >= 0.3 is 0 Å². The van der Waals surface area contributed by atoms with Crippen LogP contribution in [-0.4, -0.2) is 41.4 Å². The predicted molar refractivity (Wildman–Crippen MR) is 93.3 cm³/mol. The summed E-state index contributed by atoms with van der Waals surface area (Å²) in [6.07, 6.45) is 0.618. The lowest BCUT2D eigenvalue weighted by Gasteiger charge is -2.27. The number of nitrogens with zero attached hydrogens (tertiary/aromatic N) is 1. The van der Waals surface area contributed by atoms with Crippen molar-refractivity contribution in [2.24, 2.45) is 0 Å². The number of benzene rings is 1. The first-order valence-electron chi connectivity index (χ1n) is 7.34. The van der Waals surface area contributed by atoms with E-state index in [4.69, 9.17) is 0 Å². The molecule has 1 atom stereocenters. The average Bonchev–Trinajstić information content (AvgIpc) is 2.47. The molecule has 5 heteroatoms. The van der Waals surface area contributed by atoms with Crippen molar-refractivity contribution >= 4 is 30.1 Å². The Morgan fingerprint density at radius 3 is 2.81 bits per heavy atom. The van der Waals surface area contributed by atoms with Crippen molar-refractivity contribution in [1.29, 1.82) is 0 Å². The van der Waals surface area contributed by atoms with E-state index in [-0.39, 0.29) is 18.3 Å². The number of amides is 1. The third kappa shape index (κ3) is 5.53. The Labute approximate surface area is 138 Å². The highest BCUT2D eigenvalue weighted by atomic mass is 35.5. The van der Waals surface area contributed by atoms with Crippen LogP contribution in [0.5, 0.6) is 0 Å². The molecule has 0 saturated carbocycles. The molecule has 1 fully saturated rings. The molecule has 1 aliphatic heterocycles. The van der Waals surface area contributed by atoms with E-state index < -0.39 is 0 Å². The lowest BCUT2D eigenvalue weighted by molar-refractivity contribution is -0.132. The van der Waals surface area contributed by atoms with Gasteiger partial charge in [-0.25, -0.2) is 0 Å². The normalized spacial score (nSPS) is 17.9. The van der Waals surface area contributed by atoms with Crippen LogP contribution in [0.4, 0.5) is 0 Å². The molecule has 1 amide bonds. The number of carbonyl (C=O) groups is 1. The Bertz CT molecular complexity index is 450. The quantitative estimate of drug-likeness (QED) is 0.902. The second-order valence-electron chi connectivity index (χ2n) is 5.26. The van der Waals surface area contributed by atoms with Gasteiger partial charge in [-0.3, -0.25) is 4.79 Å². The summed E-state index contributed by atoms with van der Waals surface area (Å²) >= 11 is 1.94. The van der Waals surface area contributed by atoms with Crippen molar-refractivity contribution in [3.05, 3.63) is 35.4 Å². The summed E-state index contributed by atoms with van der Waals surface area (Å²) in [5.74, 6) is 2.47. The fourth-order valence-electron chi connectivity index (χ4n) is 2.46. The van der Waals surface area contributed by atoms with E-state index in [1.807, 2.05) is 28.8 Å². The molecule has 0 spiro atoms. The molecular weight excluding hydrogens is 304 g/mol. The van der Waals surface area contributed by atoms with Gasteiger partial charge in [0, 0.05) is 43.6 Å². The topological polar surface area (TPSA) is 32.3 Å².